The molecule has 0 aliphatic carbocycles. The van der Waals surface area contributed by atoms with Gasteiger partial charge in [-0.15, -0.1) is 11.3 Å². The van der Waals surface area contributed by atoms with Gasteiger partial charge in [0.1, 0.15) is 17.5 Å². The monoisotopic (exact) mass is 333 g/mol. The summed E-state index contributed by atoms with van der Waals surface area (Å²) in [6, 6.07) is 3.50. The summed E-state index contributed by atoms with van der Waals surface area (Å²) in [5, 5.41) is 5.22. The van der Waals surface area contributed by atoms with Crippen molar-refractivity contribution in [3.05, 3.63) is 34.6 Å². The molecule has 3 rings (SSSR count). The maximum Gasteiger partial charge on any atom is 0.276 e. The Kier molecular flexibility index (Phi) is 4.88. The number of aromatic nitrogens is 2. The normalized spacial score (nSPS) is 17.7. The second-order valence-electron chi connectivity index (χ2n) is 5.53. The molecule has 1 N–H and O–H groups in total. The third kappa shape index (κ3) is 4.27. The number of anilines is 1. The highest BCUT2D eigenvalue weighted by Crippen LogP contribution is 2.21. The molecule has 1 amide bonds. The van der Waals surface area contributed by atoms with Gasteiger partial charge < -0.3 is 9.47 Å². The maximum atomic E-state index is 12.3. The summed E-state index contributed by atoms with van der Waals surface area (Å²) >= 11 is 1.39. The van der Waals surface area contributed by atoms with E-state index in [4.69, 9.17) is 9.47 Å². The molecule has 1 atom stereocenters. The molecule has 7 heteroatoms. The van der Waals surface area contributed by atoms with Crippen LogP contribution in [0.4, 0.5) is 5.13 Å². The van der Waals surface area contributed by atoms with Gasteiger partial charge in [-0.2, -0.15) is 0 Å². The van der Waals surface area contributed by atoms with E-state index in [-0.39, 0.29) is 12.0 Å². The maximum absolute atomic E-state index is 12.3. The molecule has 1 fully saturated rings. The molecule has 0 unspecified atom stereocenters. The Morgan fingerprint density at radius 3 is 2.91 bits per heavy atom. The molecule has 0 radical (unpaired) electrons. The lowest BCUT2D eigenvalue weighted by Crippen LogP contribution is -2.28. The molecule has 0 saturated carbocycles. The van der Waals surface area contributed by atoms with Gasteiger partial charge in [0.25, 0.3) is 5.91 Å². The number of ether oxygens (including phenoxy) is 2. The number of nitrogens with one attached hydrogen (secondary N) is 1. The molecule has 3 heterocycles. The zero-order valence-corrected chi connectivity index (χ0v) is 14.0. The van der Waals surface area contributed by atoms with Gasteiger partial charge in [-0.1, -0.05) is 0 Å². The zero-order chi connectivity index (χ0) is 16.2. The Hall–Kier alpha value is -1.99. The lowest BCUT2D eigenvalue weighted by Gasteiger charge is -2.23. The predicted molar refractivity (Wildman–Crippen MR) is 88.2 cm³/mol. The van der Waals surface area contributed by atoms with Crippen LogP contribution in [0.1, 0.15) is 34.7 Å². The summed E-state index contributed by atoms with van der Waals surface area (Å²) in [6.07, 6.45) is 1.98. The molecular formula is C16H19N3O3S. The van der Waals surface area contributed by atoms with Gasteiger partial charge in [0.15, 0.2) is 5.13 Å². The molecule has 122 valence electrons. The van der Waals surface area contributed by atoms with E-state index in [1.54, 1.807) is 6.07 Å². The largest absolute Gasteiger partial charge is 0.488 e. The van der Waals surface area contributed by atoms with E-state index in [1.807, 2.05) is 25.3 Å². The van der Waals surface area contributed by atoms with Crippen LogP contribution in [0.25, 0.3) is 0 Å². The van der Waals surface area contributed by atoms with Crippen molar-refractivity contribution in [2.24, 2.45) is 0 Å². The van der Waals surface area contributed by atoms with E-state index >= 15 is 0 Å². The van der Waals surface area contributed by atoms with E-state index in [0.717, 1.165) is 30.8 Å². The number of carbonyl (C=O) groups excluding carboxylic acids is 1. The van der Waals surface area contributed by atoms with Crippen LogP contribution in [-0.2, 0) is 4.74 Å². The Balaban J connectivity index is 1.72. The van der Waals surface area contributed by atoms with E-state index < -0.39 is 0 Å². The van der Waals surface area contributed by atoms with Gasteiger partial charge in [0.2, 0.25) is 0 Å². The number of rotatable bonds is 4. The first-order chi connectivity index (χ1) is 11.1. The fourth-order valence-electron chi connectivity index (χ4n) is 2.39. The van der Waals surface area contributed by atoms with Crippen molar-refractivity contribution in [3.8, 4) is 5.75 Å². The number of carbonyl (C=O) groups is 1. The van der Waals surface area contributed by atoms with E-state index in [1.165, 1.54) is 11.3 Å². The molecular weight excluding hydrogens is 314 g/mol. The third-order valence-corrected chi connectivity index (χ3v) is 4.30. The molecule has 0 bridgehead atoms. The number of aryl methyl sites for hydroxylation is 2. The van der Waals surface area contributed by atoms with Gasteiger partial charge >= 0.3 is 0 Å². The standard InChI is InChI=1S/C16H19N3O3S/c1-10-6-13(22-12-4-3-5-21-8-12)7-14(17-10)15(20)19-16-18-11(2)9-23-16/h6-7,9,12H,3-5,8H2,1-2H3,(H,18,19,20)/t12-/m1/s1. The minimum absolute atomic E-state index is 0.0306. The van der Waals surface area contributed by atoms with Crippen LogP contribution in [0.3, 0.4) is 0 Å². The molecule has 0 spiro atoms. The summed E-state index contributed by atoms with van der Waals surface area (Å²) in [5.74, 6) is 0.362. The van der Waals surface area contributed by atoms with Gasteiger partial charge in [0.05, 0.1) is 12.3 Å². The second kappa shape index (κ2) is 7.06. The molecule has 6 nitrogen and oxygen atoms in total. The van der Waals surface area contributed by atoms with Crippen molar-refractivity contribution in [2.75, 3.05) is 18.5 Å². The first-order valence-corrected chi connectivity index (χ1v) is 8.45. The second-order valence-corrected chi connectivity index (χ2v) is 6.39. The summed E-state index contributed by atoms with van der Waals surface area (Å²) in [4.78, 5) is 20.8. The Morgan fingerprint density at radius 2 is 2.22 bits per heavy atom. The molecule has 2 aromatic heterocycles. The van der Waals surface area contributed by atoms with Gasteiger partial charge in [0, 0.05) is 29.8 Å². The van der Waals surface area contributed by atoms with Crippen molar-refractivity contribution in [1.82, 2.24) is 9.97 Å². The Morgan fingerprint density at radius 1 is 1.35 bits per heavy atom. The predicted octanol–water partition coefficient (Wildman–Crippen LogP) is 2.97. The Labute approximate surface area is 138 Å². The van der Waals surface area contributed by atoms with Gasteiger partial charge in [-0.05, 0) is 26.7 Å². The van der Waals surface area contributed by atoms with Crippen LogP contribution in [0.15, 0.2) is 17.5 Å². The molecule has 1 aliphatic heterocycles. The highest BCUT2D eigenvalue weighted by Gasteiger charge is 2.17. The number of hydrogen-bond donors (Lipinski definition) is 1. The van der Waals surface area contributed by atoms with Crippen LogP contribution < -0.4 is 10.1 Å². The van der Waals surface area contributed by atoms with Crippen LogP contribution >= 0.6 is 11.3 Å². The SMILES string of the molecule is Cc1cc(O[C@@H]2CCCOC2)cc(C(=O)Nc2nc(C)cs2)n1. The average Bonchev–Trinajstić information content (AvgIpc) is 2.93. The highest BCUT2D eigenvalue weighted by molar-refractivity contribution is 7.13. The van der Waals surface area contributed by atoms with Crippen LogP contribution in [-0.4, -0.2) is 35.2 Å². The summed E-state index contributed by atoms with van der Waals surface area (Å²) in [7, 11) is 0. The van der Waals surface area contributed by atoms with E-state index in [0.29, 0.717) is 23.2 Å². The van der Waals surface area contributed by atoms with Crippen LogP contribution in [0, 0.1) is 13.8 Å². The first-order valence-electron chi connectivity index (χ1n) is 7.57. The molecule has 2 aromatic rings. The van der Waals surface area contributed by atoms with Crippen molar-refractivity contribution in [1.29, 1.82) is 0 Å². The fourth-order valence-corrected chi connectivity index (χ4v) is 3.07. The van der Waals surface area contributed by atoms with E-state index in [9.17, 15) is 4.79 Å². The smallest absolute Gasteiger partial charge is 0.276 e. The van der Waals surface area contributed by atoms with Crippen LogP contribution in [0.2, 0.25) is 0 Å². The number of thiazole rings is 1. The summed E-state index contributed by atoms with van der Waals surface area (Å²) in [5.41, 5.74) is 1.94. The minimum Gasteiger partial charge on any atom is -0.488 e. The lowest BCUT2D eigenvalue weighted by molar-refractivity contribution is 0.00734. The number of pyridine rings is 1. The minimum atomic E-state index is -0.284. The topological polar surface area (TPSA) is 73.3 Å². The van der Waals surface area contributed by atoms with E-state index in [2.05, 4.69) is 15.3 Å². The quantitative estimate of drug-likeness (QED) is 0.931. The summed E-state index contributed by atoms with van der Waals surface area (Å²) in [6.45, 7) is 5.10. The van der Waals surface area contributed by atoms with Crippen molar-refractivity contribution in [3.63, 3.8) is 0 Å². The zero-order valence-electron chi connectivity index (χ0n) is 13.2. The van der Waals surface area contributed by atoms with Crippen molar-refractivity contribution >= 4 is 22.4 Å². The highest BCUT2D eigenvalue weighted by atomic mass is 32.1. The lowest BCUT2D eigenvalue weighted by atomic mass is 10.2. The fraction of sp³-hybridized carbons (Fsp3) is 0.438. The van der Waals surface area contributed by atoms with Gasteiger partial charge in [-0.25, -0.2) is 9.97 Å². The van der Waals surface area contributed by atoms with Crippen molar-refractivity contribution in [2.45, 2.75) is 32.8 Å². The number of nitrogens with zero attached hydrogens (tertiary/aromatic N) is 2. The molecule has 23 heavy (non-hydrogen) atoms. The van der Waals surface area contributed by atoms with Crippen LogP contribution in [0.5, 0.6) is 5.75 Å². The molecule has 0 aromatic carbocycles. The Bertz CT molecular complexity index is 696. The number of hydrogen-bond acceptors (Lipinski definition) is 6. The average molecular weight is 333 g/mol. The number of amides is 1. The molecule has 1 saturated heterocycles. The third-order valence-electron chi connectivity index (χ3n) is 3.42. The first kappa shape index (κ1) is 15.9. The van der Waals surface area contributed by atoms with Crippen molar-refractivity contribution < 1.29 is 14.3 Å². The van der Waals surface area contributed by atoms with Gasteiger partial charge in [-0.3, -0.25) is 10.1 Å². The summed E-state index contributed by atoms with van der Waals surface area (Å²) < 4.78 is 11.3. The molecule has 1 aliphatic rings.